The highest BCUT2D eigenvalue weighted by Crippen LogP contribution is 2.22. The smallest absolute Gasteiger partial charge is 0.264 e. The molecule has 2 rings (SSSR count). The van der Waals surface area contributed by atoms with Crippen molar-refractivity contribution in [2.24, 2.45) is 0 Å². The van der Waals surface area contributed by atoms with Crippen molar-refractivity contribution < 1.29 is 26.5 Å². The van der Waals surface area contributed by atoms with E-state index in [9.17, 15) is 17.2 Å². The standard InChI is InChI=1S/C9H10BrFO3S.C8H8BrFO/c1-6-7(5-14-15(2,12)13)3-4-8(10)9(6)11;1-5-6(4-11)2-3-7(9)8(5)10/h3-4H,5H2,1-2H3;2-3,11H,4H2,1H3. The summed E-state index contributed by atoms with van der Waals surface area (Å²) < 4.78 is 53.2. The van der Waals surface area contributed by atoms with Crippen molar-refractivity contribution in [1.82, 2.24) is 0 Å². The monoisotopic (exact) mass is 514 g/mol. The lowest BCUT2D eigenvalue weighted by Crippen LogP contribution is -2.04. The Morgan fingerprint density at radius 2 is 1.38 bits per heavy atom. The molecule has 0 fully saturated rings. The van der Waals surface area contributed by atoms with Crippen molar-refractivity contribution in [1.29, 1.82) is 0 Å². The van der Waals surface area contributed by atoms with Crippen LogP contribution in [0.15, 0.2) is 33.2 Å². The van der Waals surface area contributed by atoms with Gasteiger partial charge in [-0.15, -0.1) is 0 Å². The molecule has 0 aromatic heterocycles. The highest BCUT2D eigenvalue weighted by Gasteiger charge is 2.10. The van der Waals surface area contributed by atoms with Crippen LogP contribution in [0.1, 0.15) is 22.3 Å². The van der Waals surface area contributed by atoms with Gasteiger partial charge in [0, 0.05) is 0 Å². The van der Waals surface area contributed by atoms with Gasteiger partial charge in [-0.3, -0.25) is 4.18 Å². The fourth-order valence-corrected chi connectivity index (χ4v) is 3.08. The molecule has 9 heteroatoms. The van der Waals surface area contributed by atoms with E-state index in [1.165, 1.54) is 6.07 Å². The summed E-state index contributed by atoms with van der Waals surface area (Å²) in [6, 6.07) is 6.42. The Morgan fingerprint density at radius 3 is 1.81 bits per heavy atom. The van der Waals surface area contributed by atoms with E-state index < -0.39 is 15.9 Å². The minimum absolute atomic E-state index is 0.115. The van der Waals surface area contributed by atoms with Gasteiger partial charge in [0.1, 0.15) is 11.6 Å². The Hall–Kier alpha value is -0.870. The van der Waals surface area contributed by atoms with Crippen LogP contribution in [0.3, 0.4) is 0 Å². The molecule has 0 spiro atoms. The van der Waals surface area contributed by atoms with Crippen LogP contribution in [0, 0.1) is 25.5 Å². The first-order valence-corrected chi connectivity index (χ1v) is 10.7. The van der Waals surface area contributed by atoms with Crippen LogP contribution in [0.25, 0.3) is 0 Å². The maximum absolute atomic E-state index is 13.4. The van der Waals surface area contributed by atoms with Gasteiger partial charge in [0.25, 0.3) is 10.1 Å². The summed E-state index contributed by atoms with van der Waals surface area (Å²) in [5, 5.41) is 8.75. The molecule has 0 aliphatic carbocycles. The molecular formula is C17H18Br2F2O4S. The Morgan fingerprint density at radius 1 is 0.962 bits per heavy atom. The molecule has 0 aliphatic rings. The van der Waals surface area contributed by atoms with Crippen LogP contribution in [-0.4, -0.2) is 19.8 Å². The van der Waals surface area contributed by atoms with Crippen LogP contribution in [-0.2, 0) is 27.5 Å². The van der Waals surface area contributed by atoms with Crippen molar-refractivity contribution in [3.63, 3.8) is 0 Å². The number of aliphatic hydroxyl groups is 1. The summed E-state index contributed by atoms with van der Waals surface area (Å²) in [6.45, 7) is 2.96. The first-order chi connectivity index (χ1) is 12.0. The molecule has 0 heterocycles. The van der Waals surface area contributed by atoms with Gasteiger partial charge in [-0.1, -0.05) is 12.1 Å². The molecule has 0 atom stereocenters. The van der Waals surface area contributed by atoms with E-state index in [1.807, 2.05) is 0 Å². The number of hydrogen-bond acceptors (Lipinski definition) is 4. The molecule has 0 unspecified atom stereocenters. The zero-order chi connectivity index (χ0) is 20.1. The summed E-state index contributed by atoms with van der Waals surface area (Å²) in [4.78, 5) is 0. The zero-order valence-corrected chi connectivity index (χ0v) is 18.3. The van der Waals surface area contributed by atoms with Gasteiger partial charge >= 0.3 is 0 Å². The molecule has 0 saturated carbocycles. The van der Waals surface area contributed by atoms with Gasteiger partial charge in [-0.2, -0.15) is 8.42 Å². The molecule has 26 heavy (non-hydrogen) atoms. The van der Waals surface area contributed by atoms with Crippen molar-refractivity contribution in [3.8, 4) is 0 Å². The molecule has 2 aromatic carbocycles. The minimum Gasteiger partial charge on any atom is -0.392 e. The van der Waals surface area contributed by atoms with Crippen LogP contribution in [0.2, 0.25) is 0 Å². The minimum atomic E-state index is -3.50. The fourth-order valence-electron chi connectivity index (χ4n) is 1.88. The van der Waals surface area contributed by atoms with Crippen molar-refractivity contribution in [3.05, 3.63) is 67.1 Å². The Bertz CT molecular complexity index is 887. The van der Waals surface area contributed by atoms with Gasteiger partial charge in [0.15, 0.2) is 0 Å². The number of halogens is 4. The summed E-state index contributed by atoms with van der Waals surface area (Å²) in [5.41, 5.74) is 2.03. The summed E-state index contributed by atoms with van der Waals surface area (Å²) in [7, 11) is -3.50. The highest BCUT2D eigenvalue weighted by molar-refractivity contribution is 9.10. The Labute approximate surface area is 168 Å². The molecule has 0 saturated heterocycles. The third-order valence-corrected chi connectivity index (χ3v) is 5.27. The number of benzene rings is 2. The quantitative estimate of drug-likeness (QED) is 0.596. The predicted molar refractivity (Wildman–Crippen MR) is 103 cm³/mol. The number of rotatable bonds is 4. The second kappa shape index (κ2) is 9.89. The largest absolute Gasteiger partial charge is 0.392 e. The molecular weight excluding hydrogens is 498 g/mol. The lowest BCUT2D eigenvalue weighted by atomic mass is 10.1. The van der Waals surface area contributed by atoms with Crippen LogP contribution < -0.4 is 0 Å². The summed E-state index contributed by atoms with van der Waals surface area (Å²) in [5.74, 6) is -0.693. The molecule has 1 N–H and O–H groups in total. The second-order valence-corrected chi connectivity index (χ2v) is 8.77. The number of hydrogen-bond donors (Lipinski definition) is 1. The van der Waals surface area contributed by atoms with Crippen LogP contribution in [0.4, 0.5) is 8.78 Å². The second-order valence-electron chi connectivity index (χ2n) is 5.42. The van der Waals surface area contributed by atoms with E-state index in [2.05, 4.69) is 36.0 Å². The molecule has 0 amide bonds. The Balaban J connectivity index is 0.000000273. The molecule has 0 bridgehead atoms. The van der Waals surface area contributed by atoms with Gasteiger partial charge in [0.2, 0.25) is 0 Å². The maximum Gasteiger partial charge on any atom is 0.264 e. The average molecular weight is 516 g/mol. The number of aliphatic hydroxyl groups excluding tert-OH is 1. The lowest BCUT2D eigenvalue weighted by molar-refractivity contribution is 0.280. The third-order valence-electron chi connectivity index (χ3n) is 3.50. The molecule has 144 valence electrons. The molecule has 0 aliphatic heterocycles. The summed E-state index contributed by atoms with van der Waals surface area (Å²) in [6.07, 6.45) is 0.956. The van der Waals surface area contributed by atoms with E-state index >= 15 is 0 Å². The van der Waals surface area contributed by atoms with E-state index in [0.717, 1.165) is 6.26 Å². The van der Waals surface area contributed by atoms with Gasteiger partial charge in [-0.05, 0) is 80.1 Å². The first kappa shape index (κ1) is 23.2. The predicted octanol–water partition coefficient (Wildman–Crippen LogP) is 4.76. The highest BCUT2D eigenvalue weighted by atomic mass is 79.9. The maximum atomic E-state index is 13.4. The van der Waals surface area contributed by atoms with E-state index in [-0.39, 0.29) is 19.0 Å². The first-order valence-electron chi connectivity index (χ1n) is 7.30. The van der Waals surface area contributed by atoms with Gasteiger partial charge in [-0.25, -0.2) is 8.78 Å². The molecule has 4 nitrogen and oxygen atoms in total. The topological polar surface area (TPSA) is 63.6 Å². The van der Waals surface area contributed by atoms with Crippen LogP contribution >= 0.6 is 31.9 Å². The van der Waals surface area contributed by atoms with Crippen LogP contribution in [0.5, 0.6) is 0 Å². The Kier molecular flexibility index (Phi) is 8.81. The van der Waals surface area contributed by atoms with Gasteiger partial charge < -0.3 is 5.11 Å². The zero-order valence-electron chi connectivity index (χ0n) is 14.3. The molecule has 0 radical (unpaired) electrons. The lowest BCUT2D eigenvalue weighted by Gasteiger charge is -2.07. The van der Waals surface area contributed by atoms with Crippen molar-refractivity contribution in [2.75, 3.05) is 6.26 Å². The average Bonchev–Trinajstić information content (AvgIpc) is 2.57. The van der Waals surface area contributed by atoms with E-state index in [1.54, 1.807) is 32.0 Å². The van der Waals surface area contributed by atoms with Gasteiger partial charge in [0.05, 0.1) is 28.4 Å². The van der Waals surface area contributed by atoms with Crippen molar-refractivity contribution >= 4 is 42.0 Å². The summed E-state index contributed by atoms with van der Waals surface area (Å²) >= 11 is 6.09. The van der Waals surface area contributed by atoms with Crippen molar-refractivity contribution in [2.45, 2.75) is 27.1 Å². The SMILES string of the molecule is Cc1c(CO)ccc(Br)c1F.Cc1c(COS(C)(=O)=O)ccc(Br)c1F. The molecule has 2 aromatic rings. The normalized spacial score (nSPS) is 11.1. The van der Waals surface area contributed by atoms with E-state index in [4.69, 9.17) is 5.11 Å². The third kappa shape index (κ3) is 6.70. The van der Waals surface area contributed by atoms with E-state index in [0.29, 0.717) is 31.2 Å². The fraction of sp³-hybridized carbons (Fsp3) is 0.294.